The number of hydrogen-bond donors (Lipinski definition) is 3. The molecule has 0 radical (unpaired) electrons. The van der Waals surface area contributed by atoms with E-state index in [9.17, 15) is 19.8 Å². The van der Waals surface area contributed by atoms with Crippen LogP contribution in [0.15, 0.2) is 15.8 Å². The second kappa shape index (κ2) is 3.85. The molecule has 1 fully saturated rings. The summed E-state index contributed by atoms with van der Waals surface area (Å²) in [5.41, 5.74) is -0.820. The minimum absolute atomic E-state index is 0.0452. The molecule has 7 nitrogen and oxygen atoms in total. The normalized spacial score (nSPS) is 29.6. The van der Waals surface area contributed by atoms with Gasteiger partial charge in [-0.15, -0.1) is 0 Å². The van der Waals surface area contributed by atoms with Gasteiger partial charge in [0, 0.05) is 11.8 Å². The van der Waals surface area contributed by atoms with Crippen molar-refractivity contribution in [3.05, 3.63) is 32.6 Å². The van der Waals surface area contributed by atoms with E-state index in [4.69, 9.17) is 4.74 Å². The molecule has 0 bridgehead atoms. The molecule has 0 aliphatic carbocycles. The van der Waals surface area contributed by atoms with Crippen LogP contribution in [0.3, 0.4) is 0 Å². The molecule has 2 rings (SSSR count). The zero-order chi connectivity index (χ0) is 11.9. The third-order valence-electron chi connectivity index (χ3n) is 2.54. The third-order valence-corrected chi connectivity index (χ3v) is 2.54. The number of nitrogens with zero attached hydrogens (tertiary/aromatic N) is 1. The molecule has 0 aromatic carbocycles. The summed E-state index contributed by atoms with van der Waals surface area (Å²) in [4.78, 5) is 24.7. The average Bonchev–Trinajstić information content (AvgIpc) is 2.54. The number of aliphatic hydroxyl groups excluding tert-OH is 2. The van der Waals surface area contributed by atoms with Crippen LogP contribution in [-0.2, 0) is 4.74 Å². The number of ether oxygens (including phenoxy) is 1. The fraction of sp³-hybridized carbons (Fsp3) is 0.556. The van der Waals surface area contributed by atoms with Gasteiger partial charge in [-0.05, 0) is 6.92 Å². The lowest BCUT2D eigenvalue weighted by Gasteiger charge is -2.17. The quantitative estimate of drug-likeness (QED) is 0.520. The van der Waals surface area contributed by atoms with Crippen molar-refractivity contribution < 1.29 is 14.9 Å². The molecule has 3 atom stereocenters. The lowest BCUT2D eigenvalue weighted by atomic mass is 10.2. The summed E-state index contributed by atoms with van der Waals surface area (Å²) in [6.07, 6.45) is -1.86. The Labute approximate surface area is 89.9 Å². The molecule has 0 saturated carbocycles. The Morgan fingerprint density at radius 1 is 1.50 bits per heavy atom. The van der Waals surface area contributed by atoms with Crippen LogP contribution >= 0.6 is 0 Å². The second-order valence-electron chi connectivity index (χ2n) is 3.76. The van der Waals surface area contributed by atoms with E-state index in [0.717, 1.165) is 4.57 Å². The SMILES string of the molecule is Cc1cn([C@@H]2OCC(O)[C@@H]2O)c(=O)[nH]c1=O. The maximum atomic E-state index is 11.5. The van der Waals surface area contributed by atoms with Gasteiger partial charge in [-0.25, -0.2) is 4.79 Å². The van der Waals surface area contributed by atoms with Crippen molar-refractivity contribution in [1.82, 2.24) is 9.55 Å². The Morgan fingerprint density at radius 2 is 2.19 bits per heavy atom. The molecule has 88 valence electrons. The average molecular weight is 228 g/mol. The van der Waals surface area contributed by atoms with Gasteiger partial charge in [0.15, 0.2) is 6.23 Å². The molecule has 1 unspecified atom stereocenters. The lowest BCUT2D eigenvalue weighted by molar-refractivity contribution is -0.0213. The molecule has 1 saturated heterocycles. The summed E-state index contributed by atoms with van der Waals surface area (Å²) in [5.74, 6) is 0. The number of aromatic amines is 1. The zero-order valence-electron chi connectivity index (χ0n) is 8.58. The second-order valence-corrected chi connectivity index (χ2v) is 3.76. The van der Waals surface area contributed by atoms with Gasteiger partial charge in [0.25, 0.3) is 5.56 Å². The van der Waals surface area contributed by atoms with E-state index < -0.39 is 29.7 Å². The first-order chi connectivity index (χ1) is 7.50. The van der Waals surface area contributed by atoms with Crippen LogP contribution in [0.1, 0.15) is 11.8 Å². The fourth-order valence-electron chi connectivity index (χ4n) is 1.60. The summed E-state index contributed by atoms with van der Waals surface area (Å²) >= 11 is 0. The zero-order valence-corrected chi connectivity index (χ0v) is 8.58. The van der Waals surface area contributed by atoms with Crippen molar-refractivity contribution in [2.24, 2.45) is 0 Å². The number of aryl methyl sites for hydroxylation is 1. The largest absolute Gasteiger partial charge is 0.388 e. The van der Waals surface area contributed by atoms with E-state index >= 15 is 0 Å². The minimum atomic E-state index is -1.18. The van der Waals surface area contributed by atoms with Crippen LogP contribution in [0.4, 0.5) is 0 Å². The molecule has 0 spiro atoms. The molecular formula is C9H12N2O5. The summed E-state index contributed by atoms with van der Waals surface area (Å²) in [5, 5.41) is 18.9. The molecule has 0 amide bonds. The van der Waals surface area contributed by atoms with Gasteiger partial charge < -0.3 is 14.9 Å². The van der Waals surface area contributed by atoms with Gasteiger partial charge in [-0.2, -0.15) is 0 Å². The molecule has 3 N–H and O–H groups in total. The van der Waals surface area contributed by atoms with Crippen molar-refractivity contribution in [2.75, 3.05) is 6.61 Å². The van der Waals surface area contributed by atoms with Crippen LogP contribution in [-0.4, -0.2) is 38.6 Å². The van der Waals surface area contributed by atoms with Gasteiger partial charge in [0.2, 0.25) is 0 Å². The van der Waals surface area contributed by atoms with Crippen molar-refractivity contribution >= 4 is 0 Å². The predicted octanol–water partition coefficient (Wildman–Crippen LogP) is -1.90. The standard InChI is InChI=1S/C9H12N2O5/c1-4-2-11(9(15)10-7(4)14)8-6(13)5(12)3-16-8/h2,5-6,8,12-13H,3H2,1H3,(H,10,14,15)/t5?,6-,8+/m0/s1. The monoisotopic (exact) mass is 228 g/mol. The summed E-state index contributed by atoms with van der Waals surface area (Å²) in [6.45, 7) is 1.49. The van der Waals surface area contributed by atoms with Gasteiger partial charge in [-0.1, -0.05) is 0 Å². The van der Waals surface area contributed by atoms with E-state index in [1.807, 2.05) is 0 Å². The molecular weight excluding hydrogens is 216 g/mol. The Kier molecular flexibility index (Phi) is 2.66. The first-order valence-electron chi connectivity index (χ1n) is 4.80. The van der Waals surface area contributed by atoms with Crippen LogP contribution in [0.25, 0.3) is 0 Å². The van der Waals surface area contributed by atoms with E-state index in [0.29, 0.717) is 5.56 Å². The smallest absolute Gasteiger partial charge is 0.330 e. The van der Waals surface area contributed by atoms with Crippen molar-refractivity contribution in [1.29, 1.82) is 0 Å². The van der Waals surface area contributed by atoms with Crippen LogP contribution in [0.2, 0.25) is 0 Å². The summed E-state index contributed by atoms with van der Waals surface area (Å²) in [6, 6.07) is 0. The molecule has 1 aliphatic heterocycles. The number of aromatic nitrogens is 2. The Morgan fingerprint density at radius 3 is 2.75 bits per heavy atom. The highest BCUT2D eigenvalue weighted by atomic mass is 16.5. The molecule has 1 aliphatic rings. The van der Waals surface area contributed by atoms with E-state index in [-0.39, 0.29) is 6.61 Å². The van der Waals surface area contributed by atoms with Gasteiger partial charge in [-0.3, -0.25) is 14.3 Å². The van der Waals surface area contributed by atoms with Gasteiger partial charge in [0.05, 0.1) is 6.61 Å². The number of rotatable bonds is 1. The van der Waals surface area contributed by atoms with Crippen LogP contribution in [0.5, 0.6) is 0 Å². The first-order valence-corrected chi connectivity index (χ1v) is 4.80. The molecule has 2 heterocycles. The highest BCUT2D eigenvalue weighted by Gasteiger charge is 2.36. The number of hydrogen-bond acceptors (Lipinski definition) is 5. The molecule has 1 aromatic heterocycles. The summed E-state index contributed by atoms with van der Waals surface area (Å²) < 4.78 is 6.15. The number of H-pyrrole nitrogens is 1. The molecule has 16 heavy (non-hydrogen) atoms. The Balaban J connectivity index is 2.45. The van der Waals surface area contributed by atoms with E-state index in [1.54, 1.807) is 0 Å². The van der Waals surface area contributed by atoms with Gasteiger partial charge in [0.1, 0.15) is 12.2 Å². The molecule has 1 aromatic rings. The molecule has 7 heteroatoms. The summed E-state index contributed by atoms with van der Waals surface area (Å²) in [7, 11) is 0. The fourth-order valence-corrected chi connectivity index (χ4v) is 1.60. The first kappa shape index (κ1) is 11.1. The highest BCUT2D eigenvalue weighted by molar-refractivity contribution is 5.02. The minimum Gasteiger partial charge on any atom is -0.388 e. The predicted molar refractivity (Wildman–Crippen MR) is 53.1 cm³/mol. The van der Waals surface area contributed by atoms with Crippen LogP contribution in [0, 0.1) is 6.92 Å². The van der Waals surface area contributed by atoms with E-state index in [1.165, 1.54) is 13.1 Å². The van der Waals surface area contributed by atoms with Crippen molar-refractivity contribution in [3.8, 4) is 0 Å². The Bertz CT molecular complexity index is 505. The lowest BCUT2D eigenvalue weighted by Crippen LogP contribution is -2.38. The van der Waals surface area contributed by atoms with Crippen molar-refractivity contribution in [2.45, 2.75) is 25.4 Å². The van der Waals surface area contributed by atoms with Crippen molar-refractivity contribution in [3.63, 3.8) is 0 Å². The number of nitrogens with one attached hydrogen (secondary N) is 1. The maximum Gasteiger partial charge on any atom is 0.330 e. The van der Waals surface area contributed by atoms with Gasteiger partial charge >= 0.3 is 5.69 Å². The highest BCUT2D eigenvalue weighted by Crippen LogP contribution is 2.22. The topological polar surface area (TPSA) is 105 Å². The Hall–Kier alpha value is -1.44. The maximum absolute atomic E-state index is 11.5. The number of aliphatic hydroxyl groups is 2. The third kappa shape index (κ3) is 1.69. The van der Waals surface area contributed by atoms with Crippen LogP contribution < -0.4 is 11.2 Å². The van der Waals surface area contributed by atoms with E-state index in [2.05, 4.69) is 4.98 Å².